The molecular formula is C24H32F3N5O. The number of pyridine rings is 1. The van der Waals surface area contributed by atoms with Crippen LogP contribution in [0.3, 0.4) is 0 Å². The van der Waals surface area contributed by atoms with E-state index in [0.29, 0.717) is 41.2 Å². The fourth-order valence-electron chi connectivity index (χ4n) is 6.09. The van der Waals surface area contributed by atoms with Crippen molar-refractivity contribution >= 4 is 5.82 Å². The largest absolute Gasteiger partial charge is 0.419 e. The predicted molar refractivity (Wildman–Crippen MR) is 120 cm³/mol. The van der Waals surface area contributed by atoms with Crippen LogP contribution in [0.15, 0.2) is 18.3 Å². The number of anilines is 1. The molecule has 5 atom stereocenters. The molecule has 33 heavy (non-hydrogen) atoms. The number of halogens is 3. The lowest BCUT2D eigenvalue weighted by Gasteiger charge is -2.37. The first kappa shape index (κ1) is 22.7. The Labute approximate surface area is 192 Å². The van der Waals surface area contributed by atoms with E-state index in [2.05, 4.69) is 23.7 Å². The SMILES string of the molecule is CO[C@H]1CCCN([C@@H]2C[C@@H]3[C@H](C2)[C@H]3c2cc(-c3cnc(N)c(C(F)(F)F)c3)nn2C(C)C)C1. The third-order valence-electron chi connectivity index (χ3n) is 7.79. The Bertz CT molecular complexity index is 1010. The van der Waals surface area contributed by atoms with Crippen LogP contribution in [0.5, 0.6) is 0 Å². The molecule has 3 aliphatic rings. The van der Waals surface area contributed by atoms with E-state index in [1.807, 2.05) is 10.7 Å². The number of hydrogen-bond donors (Lipinski definition) is 1. The zero-order valence-corrected chi connectivity index (χ0v) is 19.3. The second-order valence-electron chi connectivity index (χ2n) is 10.1. The average Bonchev–Trinajstić information content (AvgIpc) is 3.13. The van der Waals surface area contributed by atoms with E-state index in [1.54, 1.807) is 7.11 Å². The Morgan fingerprint density at radius 1 is 1.18 bits per heavy atom. The van der Waals surface area contributed by atoms with E-state index >= 15 is 0 Å². The number of methoxy groups -OCH3 is 1. The highest BCUT2D eigenvalue weighted by Crippen LogP contribution is 2.64. The second-order valence-corrected chi connectivity index (χ2v) is 10.1. The molecule has 5 rings (SSSR count). The number of nitrogens with zero attached hydrogens (tertiary/aromatic N) is 4. The van der Waals surface area contributed by atoms with Crippen molar-refractivity contribution in [1.29, 1.82) is 0 Å². The molecule has 0 bridgehead atoms. The average molecular weight is 464 g/mol. The van der Waals surface area contributed by atoms with Gasteiger partial charge in [-0.25, -0.2) is 4.98 Å². The standard InChI is InChI=1S/C24H32F3N5O/c1-13(2)32-21(10-20(30-32)14-7-19(24(25,26)27)23(28)29-11-14)22-17-8-15(9-18(17)22)31-6-4-5-16(12-31)33-3/h7,10-11,13,15-18,22H,4-6,8-9,12H2,1-3H3,(H2,28,29)/t15-,16-,17-,18+,22+/m0/s1. The molecule has 2 saturated carbocycles. The van der Waals surface area contributed by atoms with Gasteiger partial charge in [0.15, 0.2) is 0 Å². The molecule has 0 spiro atoms. The molecule has 0 radical (unpaired) electrons. The summed E-state index contributed by atoms with van der Waals surface area (Å²) in [6, 6.07) is 3.76. The third kappa shape index (κ3) is 4.14. The summed E-state index contributed by atoms with van der Waals surface area (Å²) < 4.78 is 47.6. The number of hydrogen-bond acceptors (Lipinski definition) is 5. The van der Waals surface area contributed by atoms with Crippen LogP contribution in [0, 0.1) is 11.8 Å². The highest BCUT2D eigenvalue weighted by Gasteiger charge is 2.58. The maximum absolute atomic E-state index is 13.3. The summed E-state index contributed by atoms with van der Waals surface area (Å²) in [6.07, 6.45) is 1.85. The molecule has 9 heteroatoms. The Morgan fingerprint density at radius 3 is 2.55 bits per heavy atom. The topological polar surface area (TPSA) is 69.2 Å². The van der Waals surface area contributed by atoms with Gasteiger partial charge in [-0.3, -0.25) is 9.58 Å². The summed E-state index contributed by atoms with van der Waals surface area (Å²) in [4.78, 5) is 6.39. The Hall–Kier alpha value is -2.13. The monoisotopic (exact) mass is 463 g/mol. The highest BCUT2D eigenvalue weighted by atomic mass is 19.4. The van der Waals surface area contributed by atoms with Crippen LogP contribution >= 0.6 is 0 Å². The molecule has 2 aliphatic carbocycles. The second kappa shape index (κ2) is 8.27. The van der Waals surface area contributed by atoms with Gasteiger partial charge in [0.1, 0.15) is 5.82 Å². The summed E-state index contributed by atoms with van der Waals surface area (Å²) in [5.74, 6) is 1.16. The molecule has 3 fully saturated rings. The Morgan fingerprint density at radius 2 is 1.91 bits per heavy atom. The van der Waals surface area contributed by atoms with E-state index in [9.17, 15) is 13.2 Å². The van der Waals surface area contributed by atoms with Gasteiger partial charge in [-0.05, 0) is 70.0 Å². The number of aromatic nitrogens is 3. The van der Waals surface area contributed by atoms with Crippen LogP contribution < -0.4 is 5.73 Å². The van der Waals surface area contributed by atoms with E-state index in [4.69, 9.17) is 15.6 Å². The molecule has 6 nitrogen and oxygen atoms in total. The zero-order valence-electron chi connectivity index (χ0n) is 19.3. The molecule has 0 aromatic carbocycles. The van der Waals surface area contributed by atoms with Crippen molar-refractivity contribution in [3.8, 4) is 11.3 Å². The minimum atomic E-state index is -4.55. The van der Waals surface area contributed by atoms with Crippen molar-refractivity contribution < 1.29 is 17.9 Å². The van der Waals surface area contributed by atoms with Crippen LogP contribution in [-0.2, 0) is 10.9 Å². The van der Waals surface area contributed by atoms with Gasteiger partial charge in [0.25, 0.3) is 0 Å². The van der Waals surface area contributed by atoms with Crippen LogP contribution in [0.4, 0.5) is 19.0 Å². The zero-order chi connectivity index (χ0) is 23.5. The van der Waals surface area contributed by atoms with Gasteiger partial charge >= 0.3 is 6.18 Å². The number of nitrogen functional groups attached to an aromatic ring is 1. The number of piperidine rings is 1. The maximum atomic E-state index is 13.3. The minimum absolute atomic E-state index is 0.124. The van der Waals surface area contributed by atoms with Gasteiger partial charge in [0, 0.05) is 49.1 Å². The van der Waals surface area contributed by atoms with Crippen LogP contribution in [0.1, 0.15) is 62.7 Å². The first-order valence-electron chi connectivity index (χ1n) is 11.9. The maximum Gasteiger partial charge on any atom is 0.419 e. The van der Waals surface area contributed by atoms with Crippen LogP contribution in [-0.4, -0.2) is 52.0 Å². The summed E-state index contributed by atoms with van der Waals surface area (Å²) in [7, 11) is 1.80. The fraction of sp³-hybridized carbons (Fsp3) is 0.667. The molecule has 180 valence electrons. The highest BCUT2D eigenvalue weighted by molar-refractivity contribution is 5.63. The molecule has 0 amide bonds. The molecular weight excluding hydrogens is 431 g/mol. The number of fused-ring (bicyclic) bond motifs is 1. The lowest BCUT2D eigenvalue weighted by Crippen LogP contribution is -2.44. The number of ether oxygens (including phenoxy) is 1. The summed E-state index contributed by atoms with van der Waals surface area (Å²) in [5.41, 5.74) is 6.57. The van der Waals surface area contributed by atoms with Crippen LogP contribution in [0.25, 0.3) is 11.3 Å². The Kier molecular flexibility index (Phi) is 5.68. The molecule has 2 aromatic rings. The van der Waals surface area contributed by atoms with Gasteiger partial charge in [-0.2, -0.15) is 18.3 Å². The summed E-state index contributed by atoms with van der Waals surface area (Å²) in [6.45, 7) is 6.28. The number of likely N-dealkylation sites (tertiary alicyclic amines) is 1. The van der Waals surface area contributed by atoms with Gasteiger partial charge in [-0.1, -0.05) is 0 Å². The van der Waals surface area contributed by atoms with Crippen molar-refractivity contribution in [1.82, 2.24) is 19.7 Å². The first-order valence-corrected chi connectivity index (χ1v) is 11.9. The quantitative estimate of drug-likeness (QED) is 0.694. The van der Waals surface area contributed by atoms with Crippen molar-refractivity contribution in [2.24, 2.45) is 11.8 Å². The number of rotatable bonds is 5. The number of alkyl halides is 3. The summed E-state index contributed by atoms with van der Waals surface area (Å²) >= 11 is 0. The minimum Gasteiger partial charge on any atom is -0.383 e. The van der Waals surface area contributed by atoms with Gasteiger partial charge in [-0.15, -0.1) is 0 Å². The Balaban J connectivity index is 1.35. The fourth-order valence-corrected chi connectivity index (χ4v) is 6.09. The van der Waals surface area contributed by atoms with E-state index < -0.39 is 17.6 Å². The first-order chi connectivity index (χ1) is 15.7. The van der Waals surface area contributed by atoms with Gasteiger partial charge in [0.2, 0.25) is 0 Å². The van der Waals surface area contributed by atoms with E-state index in [-0.39, 0.29) is 6.04 Å². The van der Waals surface area contributed by atoms with Crippen molar-refractivity contribution in [3.05, 3.63) is 29.6 Å². The lowest BCUT2D eigenvalue weighted by molar-refractivity contribution is -0.137. The molecule has 3 heterocycles. The smallest absolute Gasteiger partial charge is 0.383 e. The van der Waals surface area contributed by atoms with Crippen molar-refractivity contribution in [3.63, 3.8) is 0 Å². The van der Waals surface area contributed by atoms with E-state index in [1.165, 1.54) is 25.5 Å². The van der Waals surface area contributed by atoms with Crippen LogP contribution in [0.2, 0.25) is 0 Å². The molecule has 1 aliphatic heterocycles. The third-order valence-corrected chi connectivity index (χ3v) is 7.79. The molecule has 2 N–H and O–H groups in total. The normalized spacial score (nSPS) is 30.1. The number of nitrogens with two attached hydrogens (primary N) is 1. The summed E-state index contributed by atoms with van der Waals surface area (Å²) in [5, 5.41) is 4.69. The predicted octanol–water partition coefficient (Wildman–Crippen LogP) is 4.73. The van der Waals surface area contributed by atoms with E-state index in [0.717, 1.165) is 31.3 Å². The van der Waals surface area contributed by atoms with Gasteiger partial charge in [0.05, 0.1) is 17.4 Å². The van der Waals surface area contributed by atoms with Gasteiger partial charge < -0.3 is 10.5 Å². The molecule has 0 unspecified atom stereocenters. The van der Waals surface area contributed by atoms with Crippen molar-refractivity contribution in [2.75, 3.05) is 25.9 Å². The lowest BCUT2D eigenvalue weighted by atomic mass is 9.99. The van der Waals surface area contributed by atoms with Crippen molar-refractivity contribution in [2.45, 2.75) is 69.8 Å². The molecule has 1 saturated heterocycles. The molecule has 2 aromatic heterocycles.